The van der Waals surface area contributed by atoms with Crippen LogP contribution in [0.15, 0.2) is 48.5 Å². The van der Waals surface area contributed by atoms with Crippen molar-refractivity contribution in [3.05, 3.63) is 70.2 Å². The molecule has 3 nitrogen and oxygen atoms in total. The molecule has 4 rings (SSSR count). The highest BCUT2D eigenvalue weighted by Crippen LogP contribution is 2.40. The highest BCUT2D eigenvalue weighted by molar-refractivity contribution is 6.30. The van der Waals surface area contributed by atoms with E-state index in [0.29, 0.717) is 23.0 Å². The summed E-state index contributed by atoms with van der Waals surface area (Å²) in [6.45, 7) is 1.66. The zero-order chi connectivity index (χ0) is 15.9. The van der Waals surface area contributed by atoms with Crippen LogP contribution in [0.3, 0.4) is 0 Å². The van der Waals surface area contributed by atoms with E-state index >= 15 is 0 Å². The monoisotopic (exact) mass is 327 g/mol. The van der Waals surface area contributed by atoms with Gasteiger partial charge in [0.25, 0.3) is 0 Å². The van der Waals surface area contributed by atoms with Gasteiger partial charge in [-0.05, 0) is 41.8 Å². The lowest BCUT2D eigenvalue weighted by Gasteiger charge is -2.27. The number of hydrogen-bond donors (Lipinski definition) is 1. The molecule has 0 amide bonds. The van der Waals surface area contributed by atoms with Gasteiger partial charge in [0.05, 0.1) is 6.61 Å². The van der Waals surface area contributed by atoms with Gasteiger partial charge in [-0.25, -0.2) is 0 Å². The minimum Gasteiger partial charge on any atom is -0.367 e. The molecule has 1 N–H and O–H groups in total. The Balaban J connectivity index is 1.48. The first kappa shape index (κ1) is 14.9. The summed E-state index contributed by atoms with van der Waals surface area (Å²) in [5.41, 5.74) is 2.75. The molecular formula is C19H18ClNO2. The molecule has 2 aliphatic heterocycles. The molecule has 0 radical (unpaired) electrons. The van der Waals surface area contributed by atoms with Gasteiger partial charge in [-0.2, -0.15) is 0 Å². The molecule has 0 aliphatic carbocycles. The molecule has 2 saturated heterocycles. The van der Waals surface area contributed by atoms with E-state index in [0.717, 1.165) is 25.1 Å². The molecule has 2 aliphatic rings. The SMILES string of the molecule is O=C(Cc1ccc([C@@]23CN[C@@H](CO2)C3)cc1)c1ccc(Cl)cc1. The fourth-order valence-corrected chi connectivity index (χ4v) is 3.62. The maximum Gasteiger partial charge on any atom is 0.167 e. The summed E-state index contributed by atoms with van der Waals surface area (Å²) in [6, 6.07) is 15.8. The fourth-order valence-electron chi connectivity index (χ4n) is 3.49. The summed E-state index contributed by atoms with van der Waals surface area (Å²) in [5, 5.41) is 4.12. The normalized spacial score (nSPS) is 25.7. The smallest absolute Gasteiger partial charge is 0.167 e. The van der Waals surface area contributed by atoms with Crippen molar-refractivity contribution in [1.82, 2.24) is 5.32 Å². The Hall–Kier alpha value is -1.68. The highest BCUT2D eigenvalue weighted by atomic mass is 35.5. The third-order valence-corrected chi connectivity index (χ3v) is 5.08. The molecule has 0 saturated carbocycles. The average Bonchev–Trinajstić information content (AvgIpc) is 3.18. The zero-order valence-electron chi connectivity index (χ0n) is 12.7. The minimum absolute atomic E-state index is 0.104. The number of ketones is 1. The number of halogens is 1. The third kappa shape index (κ3) is 2.80. The van der Waals surface area contributed by atoms with Gasteiger partial charge in [0.2, 0.25) is 0 Å². The largest absolute Gasteiger partial charge is 0.367 e. The molecule has 2 fully saturated rings. The van der Waals surface area contributed by atoms with Gasteiger partial charge in [-0.15, -0.1) is 0 Å². The van der Waals surface area contributed by atoms with Crippen LogP contribution in [-0.4, -0.2) is 25.0 Å². The standard InChI is InChI=1S/C19H18ClNO2/c20-16-7-3-14(4-8-16)18(22)9-13-1-5-15(6-2-13)19-10-17(11-23-19)21-12-19/h1-8,17,21H,9-12H2/t17-,19-/m1/s1. The lowest BCUT2D eigenvalue weighted by atomic mass is 9.91. The topological polar surface area (TPSA) is 38.3 Å². The van der Waals surface area contributed by atoms with E-state index in [1.165, 1.54) is 5.56 Å². The first-order valence-corrected chi connectivity index (χ1v) is 8.28. The van der Waals surface area contributed by atoms with Crippen LogP contribution < -0.4 is 5.32 Å². The van der Waals surface area contributed by atoms with Crippen molar-refractivity contribution in [2.45, 2.75) is 24.5 Å². The molecule has 4 heteroatoms. The van der Waals surface area contributed by atoms with Gasteiger partial charge in [0, 0.05) is 29.6 Å². The summed E-state index contributed by atoms with van der Waals surface area (Å²) in [6.07, 6.45) is 1.44. The van der Waals surface area contributed by atoms with Crippen molar-refractivity contribution >= 4 is 17.4 Å². The van der Waals surface area contributed by atoms with E-state index in [2.05, 4.69) is 17.4 Å². The maximum atomic E-state index is 12.3. The maximum absolute atomic E-state index is 12.3. The van der Waals surface area contributed by atoms with Crippen LogP contribution in [0.4, 0.5) is 0 Å². The molecular weight excluding hydrogens is 310 g/mol. The van der Waals surface area contributed by atoms with E-state index in [1.54, 1.807) is 24.3 Å². The van der Waals surface area contributed by atoms with Crippen LogP contribution in [0.5, 0.6) is 0 Å². The second-order valence-electron chi connectivity index (χ2n) is 6.39. The summed E-state index contributed by atoms with van der Waals surface area (Å²) in [4.78, 5) is 12.3. The Morgan fingerprint density at radius 3 is 2.48 bits per heavy atom. The number of morpholine rings is 1. The zero-order valence-corrected chi connectivity index (χ0v) is 13.5. The molecule has 0 spiro atoms. The highest BCUT2D eigenvalue weighted by Gasteiger charge is 2.47. The van der Waals surface area contributed by atoms with E-state index in [4.69, 9.17) is 16.3 Å². The number of ether oxygens (including phenoxy) is 1. The summed E-state index contributed by atoms with van der Waals surface area (Å²) in [5.74, 6) is 0.104. The molecule has 23 heavy (non-hydrogen) atoms. The number of nitrogens with one attached hydrogen (secondary N) is 1. The number of carbonyl (C=O) groups excluding carboxylic acids is 1. The van der Waals surface area contributed by atoms with Crippen molar-refractivity contribution < 1.29 is 9.53 Å². The van der Waals surface area contributed by atoms with Crippen molar-refractivity contribution in [2.75, 3.05) is 13.2 Å². The van der Waals surface area contributed by atoms with E-state index < -0.39 is 0 Å². The fraction of sp³-hybridized carbons (Fsp3) is 0.316. The summed E-state index contributed by atoms with van der Waals surface area (Å²) < 4.78 is 5.99. The van der Waals surface area contributed by atoms with E-state index in [-0.39, 0.29) is 11.4 Å². The first-order valence-electron chi connectivity index (χ1n) is 7.90. The minimum atomic E-state index is -0.163. The quantitative estimate of drug-likeness (QED) is 0.875. The van der Waals surface area contributed by atoms with Crippen molar-refractivity contribution in [1.29, 1.82) is 0 Å². The van der Waals surface area contributed by atoms with Gasteiger partial charge >= 0.3 is 0 Å². The van der Waals surface area contributed by atoms with Gasteiger partial charge in [-0.1, -0.05) is 35.9 Å². The second kappa shape index (κ2) is 5.75. The van der Waals surface area contributed by atoms with Gasteiger partial charge < -0.3 is 10.1 Å². The van der Waals surface area contributed by atoms with Crippen LogP contribution in [0.25, 0.3) is 0 Å². The number of carbonyl (C=O) groups is 1. The average molecular weight is 328 g/mol. The van der Waals surface area contributed by atoms with E-state index in [9.17, 15) is 4.79 Å². The lowest BCUT2D eigenvalue weighted by molar-refractivity contribution is -0.00959. The molecule has 2 bridgehead atoms. The van der Waals surface area contributed by atoms with Crippen molar-refractivity contribution in [3.8, 4) is 0 Å². The summed E-state index contributed by atoms with van der Waals surface area (Å²) in [7, 11) is 0. The molecule has 0 unspecified atom stereocenters. The van der Waals surface area contributed by atoms with Crippen LogP contribution >= 0.6 is 11.6 Å². The van der Waals surface area contributed by atoms with Crippen LogP contribution in [0.2, 0.25) is 5.02 Å². The Morgan fingerprint density at radius 2 is 1.91 bits per heavy atom. The number of hydrogen-bond acceptors (Lipinski definition) is 3. The number of rotatable bonds is 4. The second-order valence-corrected chi connectivity index (χ2v) is 6.83. The van der Waals surface area contributed by atoms with Crippen LogP contribution in [0, 0.1) is 0 Å². The van der Waals surface area contributed by atoms with Gasteiger partial charge in [0.15, 0.2) is 5.78 Å². The van der Waals surface area contributed by atoms with E-state index in [1.807, 2.05) is 12.1 Å². The van der Waals surface area contributed by atoms with Crippen LogP contribution in [-0.2, 0) is 16.8 Å². The van der Waals surface area contributed by atoms with Crippen molar-refractivity contribution in [3.63, 3.8) is 0 Å². The third-order valence-electron chi connectivity index (χ3n) is 4.82. The first-order chi connectivity index (χ1) is 11.1. The molecule has 2 atom stereocenters. The molecule has 0 aromatic heterocycles. The number of fused-ring (bicyclic) bond motifs is 2. The predicted molar refractivity (Wildman–Crippen MR) is 90.0 cm³/mol. The Kier molecular flexibility index (Phi) is 3.72. The van der Waals surface area contributed by atoms with Gasteiger partial charge in [-0.3, -0.25) is 4.79 Å². The Bertz CT molecular complexity index is 716. The Labute approximate surface area is 140 Å². The van der Waals surface area contributed by atoms with Crippen molar-refractivity contribution in [2.24, 2.45) is 0 Å². The summed E-state index contributed by atoms with van der Waals surface area (Å²) >= 11 is 5.86. The molecule has 2 heterocycles. The van der Waals surface area contributed by atoms with Crippen LogP contribution in [0.1, 0.15) is 27.9 Å². The lowest BCUT2D eigenvalue weighted by Crippen LogP contribution is -2.37. The molecule has 2 aromatic carbocycles. The molecule has 2 aromatic rings. The number of Topliss-reactive ketones (excluding diaryl/α,β-unsaturated/α-hetero) is 1. The van der Waals surface area contributed by atoms with Gasteiger partial charge in [0.1, 0.15) is 5.60 Å². The number of benzene rings is 2. The molecule has 118 valence electrons. The Morgan fingerprint density at radius 1 is 1.17 bits per heavy atom. The predicted octanol–water partition coefficient (Wildman–Crippen LogP) is 3.35.